The molecule has 0 aliphatic carbocycles. The van der Waals surface area contributed by atoms with Crippen molar-refractivity contribution in [1.82, 2.24) is 10.6 Å². The molecule has 1 heterocycles. The average Bonchev–Trinajstić information content (AvgIpc) is 3.03. The summed E-state index contributed by atoms with van der Waals surface area (Å²) in [6.07, 6.45) is 0.689. The number of nitrogens with two attached hydrogens (primary N) is 1. The Labute approximate surface area is 169 Å². The predicted octanol–water partition coefficient (Wildman–Crippen LogP) is 1.33. The van der Waals surface area contributed by atoms with Crippen LogP contribution in [0, 0.1) is 6.92 Å². The minimum Gasteiger partial charge on any atom is -0.369 e. The molecular formula is C21H24N6O2. The van der Waals surface area contributed by atoms with Crippen LogP contribution in [0.25, 0.3) is 0 Å². The number of rotatable bonds is 6. The van der Waals surface area contributed by atoms with Crippen LogP contribution in [-0.4, -0.2) is 36.3 Å². The van der Waals surface area contributed by atoms with Gasteiger partial charge in [-0.15, -0.1) is 0 Å². The van der Waals surface area contributed by atoms with E-state index in [4.69, 9.17) is 5.73 Å². The number of hydrogen-bond acceptors (Lipinski definition) is 4. The minimum absolute atomic E-state index is 0.0369. The largest absolute Gasteiger partial charge is 0.369 e. The number of guanidine groups is 2. The lowest BCUT2D eigenvalue weighted by Gasteiger charge is -2.07. The molecule has 8 nitrogen and oxygen atoms in total. The molecule has 8 heteroatoms. The van der Waals surface area contributed by atoms with Crippen molar-refractivity contribution in [2.75, 3.05) is 11.9 Å². The van der Waals surface area contributed by atoms with Crippen molar-refractivity contribution in [3.8, 4) is 0 Å². The number of benzene rings is 2. The molecule has 150 valence electrons. The first-order valence-corrected chi connectivity index (χ1v) is 9.37. The van der Waals surface area contributed by atoms with Gasteiger partial charge in [0.2, 0.25) is 17.8 Å². The smallest absolute Gasteiger partial charge is 0.252 e. The van der Waals surface area contributed by atoms with Crippen LogP contribution in [-0.2, 0) is 16.0 Å². The summed E-state index contributed by atoms with van der Waals surface area (Å²) in [6, 6.07) is 16.7. The van der Waals surface area contributed by atoms with E-state index in [9.17, 15) is 9.59 Å². The highest BCUT2D eigenvalue weighted by Crippen LogP contribution is 2.13. The Morgan fingerprint density at radius 2 is 1.90 bits per heavy atom. The zero-order valence-corrected chi connectivity index (χ0v) is 16.2. The van der Waals surface area contributed by atoms with Gasteiger partial charge in [-0.25, -0.2) is 4.99 Å². The van der Waals surface area contributed by atoms with Gasteiger partial charge in [-0.05, 0) is 30.5 Å². The normalized spacial score (nSPS) is 16.2. The fourth-order valence-electron chi connectivity index (χ4n) is 2.86. The van der Waals surface area contributed by atoms with E-state index in [0.717, 1.165) is 23.2 Å². The molecule has 2 aromatic carbocycles. The van der Waals surface area contributed by atoms with Crippen LogP contribution in [0.1, 0.15) is 17.5 Å². The molecular weight excluding hydrogens is 368 g/mol. The van der Waals surface area contributed by atoms with E-state index in [1.165, 1.54) is 0 Å². The Morgan fingerprint density at radius 3 is 2.66 bits per heavy atom. The van der Waals surface area contributed by atoms with Crippen molar-refractivity contribution < 1.29 is 9.59 Å². The first-order chi connectivity index (χ1) is 14.0. The molecule has 0 saturated heterocycles. The number of nitrogens with one attached hydrogen (secondary N) is 3. The van der Waals surface area contributed by atoms with Crippen LogP contribution >= 0.6 is 0 Å². The van der Waals surface area contributed by atoms with Gasteiger partial charge < -0.3 is 16.4 Å². The molecule has 1 aliphatic rings. The van der Waals surface area contributed by atoms with E-state index in [1.807, 2.05) is 61.5 Å². The molecule has 5 N–H and O–H groups in total. The van der Waals surface area contributed by atoms with Gasteiger partial charge in [-0.3, -0.25) is 14.9 Å². The molecule has 1 atom stereocenters. The summed E-state index contributed by atoms with van der Waals surface area (Å²) in [5, 5.41) is 8.33. The van der Waals surface area contributed by atoms with Gasteiger partial charge in [0.05, 0.1) is 6.42 Å². The average molecular weight is 392 g/mol. The molecule has 0 aromatic heterocycles. The zero-order valence-electron chi connectivity index (χ0n) is 16.2. The SMILES string of the molecule is Cc1ccccc1N/C(N)=N/C1=NC(CC(=O)NCCc2ccccc2)C(=O)N1. The number of aryl methyl sites for hydroxylation is 1. The van der Waals surface area contributed by atoms with Crippen LogP contribution in [0.5, 0.6) is 0 Å². The first kappa shape index (κ1) is 20.1. The third-order valence-electron chi connectivity index (χ3n) is 4.41. The third-order valence-corrected chi connectivity index (χ3v) is 4.41. The number of nitrogens with zero attached hydrogens (tertiary/aromatic N) is 2. The number of anilines is 1. The van der Waals surface area contributed by atoms with Gasteiger partial charge in [-0.2, -0.15) is 4.99 Å². The molecule has 3 rings (SSSR count). The number of para-hydroxylation sites is 1. The minimum atomic E-state index is -0.809. The topological polar surface area (TPSA) is 121 Å². The second-order valence-electron chi connectivity index (χ2n) is 6.68. The fraction of sp³-hybridized carbons (Fsp3) is 0.238. The van der Waals surface area contributed by atoms with E-state index >= 15 is 0 Å². The Balaban J connectivity index is 1.51. The molecule has 0 fully saturated rings. The summed E-state index contributed by atoms with van der Waals surface area (Å²) >= 11 is 0. The zero-order chi connectivity index (χ0) is 20.6. The highest BCUT2D eigenvalue weighted by atomic mass is 16.2. The summed E-state index contributed by atoms with van der Waals surface area (Å²) in [5.74, 6) is -0.409. The molecule has 0 saturated carbocycles. The quantitative estimate of drug-likeness (QED) is 0.438. The molecule has 2 aromatic rings. The van der Waals surface area contributed by atoms with Gasteiger partial charge in [0.15, 0.2) is 0 Å². The lowest BCUT2D eigenvalue weighted by atomic mass is 10.1. The molecule has 1 unspecified atom stereocenters. The van der Waals surface area contributed by atoms with Crippen LogP contribution in [0.2, 0.25) is 0 Å². The summed E-state index contributed by atoms with van der Waals surface area (Å²) in [4.78, 5) is 32.4. The highest BCUT2D eigenvalue weighted by molar-refractivity contribution is 6.11. The first-order valence-electron chi connectivity index (χ1n) is 9.37. The highest BCUT2D eigenvalue weighted by Gasteiger charge is 2.28. The maximum atomic E-state index is 12.1. The lowest BCUT2D eigenvalue weighted by molar-refractivity contribution is -0.126. The van der Waals surface area contributed by atoms with Crippen molar-refractivity contribution in [3.05, 3.63) is 65.7 Å². The number of carbonyl (C=O) groups is 2. The Kier molecular flexibility index (Phi) is 6.57. The maximum absolute atomic E-state index is 12.1. The fourth-order valence-corrected chi connectivity index (χ4v) is 2.86. The van der Waals surface area contributed by atoms with Gasteiger partial charge in [-0.1, -0.05) is 48.5 Å². The van der Waals surface area contributed by atoms with Crippen molar-refractivity contribution in [1.29, 1.82) is 0 Å². The van der Waals surface area contributed by atoms with Gasteiger partial charge >= 0.3 is 0 Å². The molecule has 29 heavy (non-hydrogen) atoms. The van der Waals surface area contributed by atoms with Crippen LogP contribution in [0.4, 0.5) is 5.69 Å². The number of hydrogen-bond donors (Lipinski definition) is 4. The maximum Gasteiger partial charge on any atom is 0.252 e. The van der Waals surface area contributed by atoms with E-state index in [-0.39, 0.29) is 30.2 Å². The number of amides is 2. The van der Waals surface area contributed by atoms with Crippen LogP contribution in [0.15, 0.2) is 64.6 Å². The number of aliphatic imine (C=N–C) groups is 2. The Hall–Kier alpha value is -3.68. The summed E-state index contributed by atoms with van der Waals surface area (Å²) in [7, 11) is 0. The van der Waals surface area contributed by atoms with E-state index in [0.29, 0.717) is 6.54 Å². The third kappa shape index (κ3) is 5.90. The van der Waals surface area contributed by atoms with Crippen LogP contribution < -0.4 is 21.7 Å². The van der Waals surface area contributed by atoms with Gasteiger partial charge in [0, 0.05) is 12.2 Å². The van der Waals surface area contributed by atoms with Gasteiger partial charge in [0.1, 0.15) is 6.04 Å². The molecule has 1 aliphatic heterocycles. The van der Waals surface area contributed by atoms with Crippen molar-refractivity contribution >= 4 is 29.4 Å². The second kappa shape index (κ2) is 9.50. The van der Waals surface area contributed by atoms with Crippen LogP contribution in [0.3, 0.4) is 0 Å². The molecule has 2 amide bonds. The van der Waals surface area contributed by atoms with Gasteiger partial charge in [0.25, 0.3) is 5.91 Å². The summed E-state index contributed by atoms with van der Waals surface area (Å²) in [6.45, 7) is 2.44. The summed E-state index contributed by atoms with van der Waals surface area (Å²) < 4.78 is 0. The van der Waals surface area contributed by atoms with Crippen molar-refractivity contribution in [2.45, 2.75) is 25.8 Å². The number of carbonyl (C=O) groups excluding carboxylic acids is 2. The molecule has 0 bridgehead atoms. The Bertz CT molecular complexity index is 939. The van der Waals surface area contributed by atoms with Crippen molar-refractivity contribution in [3.63, 3.8) is 0 Å². The lowest BCUT2D eigenvalue weighted by Crippen LogP contribution is -2.34. The van der Waals surface area contributed by atoms with E-state index < -0.39 is 6.04 Å². The standard InChI is InChI=1S/C21H24N6O2/c1-14-7-5-6-10-16(14)24-20(22)27-21-25-17(19(29)26-21)13-18(28)23-12-11-15-8-3-2-4-9-15/h2-10,17H,11-13H2,1H3,(H,23,28)(H4,22,24,25,26,27,29). The Morgan fingerprint density at radius 1 is 1.17 bits per heavy atom. The monoisotopic (exact) mass is 392 g/mol. The van der Waals surface area contributed by atoms with E-state index in [2.05, 4.69) is 25.9 Å². The predicted molar refractivity (Wildman–Crippen MR) is 114 cm³/mol. The summed E-state index contributed by atoms with van der Waals surface area (Å²) in [5.41, 5.74) is 8.85. The molecule has 0 spiro atoms. The second-order valence-corrected chi connectivity index (χ2v) is 6.68. The van der Waals surface area contributed by atoms with E-state index in [1.54, 1.807) is 0 Å². The molecule has 0 radical (unpaired) electrons. The van der Waals surface area contributed by atoms with Crippen molar-refractivity contribution in [2.24, 2.45) is 15.7 Å².